The molecule has 2 aromatic carbocycles. The van der Waals surface area contributed by atoms with Gasteiger partial charge < -0.3 is 14.5 Å². The normalized spacial score (nSPS) is 14.9. The third kappa shape index (κ3) is 6.62. The highest BCUT2D eigenvalue weighted by Gasteiger charge is 2.20. The second kappa shape index (κ2) is 12.3. The van der Waals surface area contributed by atoms with Crippen molar-refractivity contribution in [2.75, 3.05) is 40.3 Å². The van der Waals surface area contributed by atoms with Gasteiger partial charge in [0.15, 0.2) is 0 Å². The third-order valence-electron chi connectivity index (χ3n) is 5.72. The van der Waals surface area contributed by atoms with Crippen LogP contribution in [0.5, 0.6) is 5.75 Å². The number of benzene rings is 2. The summed E-state index contributed by atoms with van der Waals surface area (Å²) in [6, 6.07) is 10.6. The number of allylic oxidation sites excluding steroid dienone is 1. The first-order valence-electron chi connectivity index (χ1n) is 11.0. The van der Waals surface area contributed by atoms with E-state index in [-0.39, 0.29) is 5.91 Å². The van der Waals surface area contributed by atoms with Crippen molar-refractivity contribution in [3.05, 3.63) is 69.9 Å². The molecule has 1 heterocycles. The molecular weight excluding hydrogens is 452 g/mol. The summed E-state index contributed by atoms with van der Waals surface area (Å²) >= 11 is 6.41. The largest absolute Gasteiger partial charge is 0.495 e. The molecule has 8 heteroatoms. The van der Waals surface area contributed by atoms with Crippen molar-refractivity contribution in [2.24, 2.45) is 9.98 Å². The van der Waals surface area contributed by atoms with Gasteiger partial charge in [-0.25, -0.2) is 0 Å². The summed E-state index contributed by atoms with van der Waals surface area (Å²) < 4.78 is 5.27. The molecule has 1 aliphatic heterocycles. The molecule has 0 saturated carbocycles. The minimum absolute atomic E-state index is 0.0462. The lowest BCUT2D eigenvalue weighted by molar-refractivity contribution is 0.0664. The molecular formula is C26H29ClN4O3. The van der Waals surface area contributed by atoms with Gasteiger partial charge in [0.25, 0.3) is 5.91 Å². The average molecular weight is 481 g/mol. The molecule has 7 nitrogen and oxygen atoms in total. The van der Waals surface area contributed by atoms with E-state index in [0.717, 1.165) is 49.3 Å². The molecule has 0 aromatic heterocycles. The summed E-state index contributed by atoms with van der Waals surface area (Å²) in [5.41, 5.74) is 3.54. The van der Waals surface area contributed by atoms with Gasteiger partial charge in [-0.05, 0) is 74.1 Å². The van der Waals surface area contributed by atoms with Crippen molar-refractivity contribution in [1.82, 2.24) is 9.80 Å². The molecule has 2 aromatic rings. The number of rotatable bonds is 9. The second-order valence-corrected chi connectivity index (χ2v) is 8.48. The van der Waals surface area contributed by atoms with Crippen LogP contribution in [-0.4, -0.2) is 75.3 Å². The van der Waals surface area contributed by atoms with Crippen molar-refractivity contribution in [3.63, 3.8) is 0 Å². The Morgan fingerprint density at radius 1 is 1.18 bits per heavy atom. The Bertz CT molecular complexity index is 1090. The first-order valence-corrected chi connectivity index (χ1v) is 11.4. The number of carbonyl (C=O) groups is 2. The number of methoxy groups -OCH3 is 1. The van der Waals surface area contributed by atoms with E-state index in [1.54, 1.807) is 36.7 Å². The molecule has 3 rings (SSSR count). The number of aliphatic imine (C=N–C) groups is 2. The van der Waals surface area contributed by atoms with E-state index < -0.39 is 0 Å². The number of piperazine rings is 1. The fraction of sp³-hybridized carbons (Fsp3) is 0.308. The van der Waals surface area contributed by atoms with Gasteiger partial charge in [-0.15, -0.1) is 0 Å². The zero-order valence-corrected chi connectivity index (χ0v) is 20.3. The van der Waals surface area contributed by atoms with Crippen LogP contribution in [-0.2, 0) is 6.42 Å². The van der Waals surface area contributed by atoms with Crippen LogP contribution in [0, 0.1) is 0 Å². The van der Waals surface area contributed by atoms with Gasteiger partial charge in [0.1, 0.15) is 12.0 Å². The minimum Gasteiger partial charge on any atom is -0.495 e. The van der Waals surface area contributed by atoms with Gasteiger partial charge in [0, 0.05) is 49.7 Å². The molecule has 1 saturated heterocycles. The van der Waals surface area contributed by atoms with Crippen LogP contribution in [0.25, 0.3) is 0 Å². The molecule has 34 heavy (non-hydrogen) atoms. The molecule has 0 aliphatic carbocycles. The Hall–Kier alpha value is -3.29. The summed E-state index contributed by atoms with van der Waals surface area (Å²) in [5.74, 6) is 0.512. The number of amides is 1. The molecule has 0 unspecified atom stereocenters. The van der Waals surface area contributed by atoms with E-state index in [9.17, 15) is 9.59 Å². The van der Waals surface area contributed by atoms with Gasteiger partial charge in [0.05, 0.1) is 17.8 Å². The lowest BCUT2D eigenvalue weighted by atomic mass is 10.0. The van der Waals surface area contributed by atoms with E-state index in [2.05, 4.69) is 28.6 Å². The topological polar surface area (TPSA) is 74.6 Å². The maximum absolute atomic E-state index is 12.7. The number of aryl methyl sites for hydroxylation is 1. The average Bonchev–Trinajstić information content (AvgIpc) is 2.86. The number of hydrogen-bond acceptors (Lipinski definition) is 6. The molecule has 1 amide bonds. The monoisotopic (exact) mass is 480 g/mol. The number of halogens is 1. The van der Waals surface area contributed by atoms with Crippen molar-refractivity contribution in [3.8, 4) is 5.75 Å². The highest BCUT2D eigenvalue weighted by Crippen LogP contribution is 2.31. The Labute approximate surface area is 205 Å². The number of hydrogen-bond donors (Lipinski definition) is 0. The van der Waals surface area contributed by atoms with E-state index in [0.29, 0.717) is 34.7 Å². The Morgan fingerprint density at radius 2 is 1.88 bits per heavy atom. The van der Waals surface area contributed by atoms with Crippen LogP contribution in [0.1, 0.15) is 32.7 Å². The van der Waals surface area contributed by atoms with Crippen molar-refractivity contribution in [2.45, 2.75) is 12.8 Å². The molecule has 1 aliphatic rings. The minimum atomic E-state index is 0.0462. The first-order chi connectivity index (χ1) is 16.4. The third-order valence-corrected chi connectivity index (χ3v) is 6.15. The molecule has 0 spiro atoms. The number of carbonyl (C=O) groups excluding carboxylic acids is 2. The van der Waals surface area contributed by atoms with E-state index in [4.69, 9.17) is 16.3 Å². The standard InChI is InChI=1S/C26H29ClN4O3/c1-28-16-19(4-5-22-14-20(18-32)15-24(34-3)25(22)27)17-29-23-8-6-21(7-9-23)26(33)31-12-10-30(2)11-13-31/h6-9,14-18H,1,4-5,10-13H2,2-3H3/b19-16-,29-17?. The molecule has 0 atom stereocenters. The lowest BCUT2D eigenvalue weighted by Gasteiger charge is -2.32. The summed E-state index contributed by atoms with van der Waals surface area (Å²) in [6.45, 7) is 6.79. The smallest absolute Gasteiger partial charge is 0.253 e. The number of likely N-dealkylation sites (N-methyl/N-ethyl adjacent to an activating group) is 1. The van der Waals surface area contributed by atoms with Crippen molar-refractivity contribution < 1.29 is 14.3 Å². The lowest BCUT2D eigenvalue weighted by Crippen LogP contribution is -2.47. The van der Waals surface area contributed by atoms with Gasteiger partial charge in [-0.2, -0.15) is 0 Å². The number of nitrogens with zero attached hydrogens (tertiary/aromatic N) is 4. The van der Waals surface area contributed by atoms with Gasteiger partial charge >= 0.3 is 0 Å². The zero-order chi connectivity index (χ0) is 24.5. The maximum atomic E-state index is 12.7. The molecule has 178 valence electrons. The summed E-state index contributed by atoms with van der Waals surface area (Å²) in [4.78, 5) is 36.4. The van der Waals surface area contributed by atoms with E-state index in [1.165, 1.54) is 7.11 Å². The van der Waals surface area contributed by atoms with Crippen LogP contribution < -0.4 is 4.74 Å². The Morgan fingerprint density at radius 3 is 2.50 bits per heavy atom. The van der Waals surface area contributed by atoms with E-state index >= 15 is 0 Å². The Kier molecular flexibility index (Phi) is 9.13. The summed E-state index contributed by atoms with van der Waals surface area (Å²) in [7, 11) is 3.58. The fourth-order valence-corrected chi connectivity index (χ4v) is 3.96. The quantitative estimate of drug-likeness (QED) is 0.392. The SMILES string of the molecule is C=N/C=C(\C=Nc1ccc(C(=O)N2CCN(C)CC2)cc1)CCc1cc(C=O)cc(OC)c1Cl. The first kappa shape index (κ1) is 25.3. The molecule has 0 radical (unpaired) electrons. The maximum Gasteiger partial charge on any atom is 0.253 e. The highest BCUT2D eigenvalue weighted by molar-refractivity contribution is 6.33. The van der Waals surface area contributed by atoms with Crippen molar-refractivity contribution >= 4 is 42.4 Å². The number of aldehydes is 1. The van der Waals surface area contributed by atoms with Gasteiger partial charge in [0.2, 0.25) is 0 Å². The van der Waals surface area contributed by atoms with E-state index in [1.807, 2.05) is 17.0 Å². The Balaban J connectivity index is 1.66. The van der Waals surface area contributed by atoms with Crippen molar-refractivity contribution in [1.29, 1.82) is 0 Å². The van der Waals surface area contributed by atoms with Crippen LogP contribution in [0.2, 0.25) is 5.02 Å². The highest BCUT2D eigenvalue weighted by atomic mass is 35.5. The molecule has 1 fully saturated rings. The predicted molar refractivity (Wildman–Crippen MR) is 137 cm³/mol. The number of ether oxygens (including phenoxy) is 1. The van der Waals surface area contributed by atoms with Crippen LogP contribution in [0.3, 0.4) is 0 Å². The van der Waals surface area contributed by atoms with Crippen LogP contribution in [0.4, 0.5) is 5.69 Å². The zero-order valence-electron chi connectivity index (χ0n) is 19.5. The second-order valence-electron chi connectivity index (χ2n) is 8.10. The van der Waals surface area contributed by atoms with Gasteiger partial charge in [-0.1, -0.05) is 11.6 Å². The van der Waals surface area contributed by atoms with Crippen LogP contribution in [0.15, 0.2) is 58.2 Å². The molecule has 0 bridgehead atoms. The fourth-order valence-electron chi connectivity index (χ4n) is 3.68. The molecule has 0 N–H and O–H groups in total. The van der Waals surface area contributed by atoms with Gasteiger partial charge in [-0.3, -0.25) is 19.6 Å². The summed E-state index contributed by atoms with van der Waals surface area (Å²) in [6.07, 6.45) is 5.30. The van der Waals surface area contributed by atoms with Crippen LogP contribution >= 0.6 is 11.6 Å². The predicted octanol–water partition coefficient (Wildman–Crippen LogP) is 4.47. The summed E-state index contributed by atoms with van der Waals surface area (Å²) in [5, 5.41) is 0.483.